The maximum absolute atomic E-state index is 5.38. The summed E-state index contributed by atoms with van der Waals surface area (Å²) < 4.78 is 7.34. The fourth-order valence-corrected chi connectivity index (χ4v) is 2.40. The number of likely N-dealkylation sites (N-methyl/N-ethyl adjacent to an activating group) is 1. The first-order valence-corrected chi connectivity index (χ1v) is 7.39. The van der Waals surface area contributed by atoms with Crippen LogP contribution < -0.4 is 10.1 Å². The number of nitrogens with one attached hydrogen (secondary N) is 1. The van der Waals surface area contributed by atoms with Crippen LogP contribution in [0, 0.1) is 0 Å². The summed E-state index contributed by atoms with van der Waals surface area (Å²) in [5.41, 5.74) is 1.05. The van der Waals surface area contributed by atoms with Crippen molar-refractivity contribution < 1.29 is 4.74 Å². The Balaban J connectivity index is 2.24. The molecule has 0 aliphatic heterocycles. The Kier molecular flexibility index (Phi) is 5.68. The number of hydrogen-bond donors (Lipinski definition) is 1. The summed E-state index contributed by atoms with van der Waals surface area (Å²) >= 11 is 0. The predicted octanol–water partition coefficient (Wildman–Crippen LogP) is 1.99. The molecule has 0 spiro atoms. The largest absolute Gasteiger partial charge is 0.481 e. The predicted molar refractivity (Wildman–Crippen MR) is 81.2 cm³/mol. The average Bonchev–Trinajstić information content (AvgIpc) is 2.94. The highest BCUT2D eigenvalue weighted by Crippen LogP contribution is 2.24. The standard InChI is InChI=1S/C15H23N5O/c1-4-9-20-14(18-11-19-20)10-13(16-5-2)12-7-6-8-17-15(12)21-3/h6-8,11,13,16H,4-5,9-10H2,1-3H3. The van der Waals surface area contributed by atoms with Crippen molar-refractivity contribution in [1.82, 2.24) is 25.1 Å². The van der Waals surface area contributed by atoms with Crippen molar-refractivity contribution >= 4 is 0 Å². The topological polar surface area (TPSA) is 64.9 Å². The van der Waals surface area contributed by atoms with E-state index in [-0.39, 0.29) is 6.04 Å². The molecule has 0 aromatic carbocycles. The fraction of sp³-hybridized carbons (Fsp3) is 0.533. The molecular formula is C15H23N5O. The summed E-state index contributed by atoms with van der Waals surface area (Å²) in [4.78, 5) is 8.67. The van der Waals surface area contributed by atoms with Gasteiger partial charge in [0.2, 0.25) is 5.88 Å². The molecule has 1 atom stereocenters. The highest BCUT2D eigenvalue weighted by atomic mass is 16.5. The lowest BCUT2D eigenvalue weighted by atomic mass is 10.0. The first-order valence-electron chi connectivity index (χ1n) is 7.39. The summed E-state index contributed by atoms with van der Waals surface area (Å²) in [6.45, 7) is 5.98. The zero-order valence-corrected chi connectivity index (χ0v) is 12.9. The molecule has 21 heavy (non-hydrogen) atoms. The molecule has 0 fully saturated rings. The van der Waals surface area contributed by atoms with Gasteiger partial charge in [-0.15, -0.1) is 0 Å². The third kappa shape index (κ3) is 3.78. The average molecular weight is 289 g/mol. The molecule has 0 radical (unpaired) electrons. The smallest absolute Gasteiger partial charge is 0.217 e. The van der Waals surface area contributed by atoms with Crippen molar-refractivity contribution in [2.24, 2.45) is 0 Å². The van der Waals surface area contributed by atoms with Gasteiger partial charge < -0.3 is 10.1 Å². The Hall–Kier alpha value is -1.95. The summed E-state index contributed by atoms with van der Waals surface area (Å²) in [6, 6.07) is 4.08. The van der Waals surface area contributed by atoms with Crippen LogP contribution in [0.5, 0.6) is 5.88 Å². The van der Waals surface area contributed by atoms with E-state index in [9.17, 15) is 0 Å². The van der Waals surface area contributed by atoms with Crippen molar-refractivity contribution in [1.29, 1.82) is 0 Å². The minimum atomic E-state index is 0.110. The second kappa shape index (κ2) is 7.73. The second-order valence-electron chi connectivity index (χ2n) is 4.82. The Morgan fingerprint density at radius 1 is 1.33 bits per heavy atom. The Morgan fingerprint density at radius 2 is 2.19 bits per heavy atom. The van der Waals surface area contributed by atoms with Crippen LogP contribution in [-0.2, 0) is 13.0 Å². The first kappa shape index (κ1) is 15.4. The highest BCUT2D eigenvalue weighted by molar-refractivity contribution is 5.29. The lowest BCUT2D eigenvalue weighted by Gasteiger charge is -2.19. The molecule has 0 aliphatic rings. The molecule has 2 heterocycles. The van der Waals surface area contributed by atoms with E-state index in [0.29, 0.717) is 5.88 Å². The van der Waals surface area contributed by atoms with Gasteiger partial charge in [0.15, 0.2) is 0 Å². The summed E-state index contributed by atoms with van der Waals surface area (Å²) in [5.74, 6) is 1.64. The number of aromatic nitrogens is 4. The minimum Gasteiger partial charge on any atom is -0.481 e. The van der Waals surface area contributed by atoms with Gasteiger partial charge in [-0.3, -0.25) is 4.68 Å². The second-order valence-corrected chi connectivity index (χ2v) is 4.82. The van der Waals surface area contributed by atoms with Gasteiger partial charge in [0.25, 0.3) is 0 Å². The molecule has 1 N–H and O–H groups in total. The molecule has 2 rings (SSSR count). The summed E-state index contributed by atoms with van der Waals surface area (Å²) in [6.07, 6.45) is 5.16. The van der Waals surface area contributed by atoms with E-state index in [1.807, 2.05) is 16.8 Å². The third-order valence-corrected chi connectivity index (χ3v) is 3.34. The van der Waals surface area contributed by atoms with Crippen molar-refractivity contribution in [3.05, 3.63) is 36.0 Å². The Morgan fingerprint density at radius 3 is 2.90 bits per heavy atom. The van der Waals surface area contributed by atoms with Crippen molar-refractivity contribution in [2.45, 2.75) is 39.3 Å². The number of hydrogen-bond acceptors (Lipinski definition) is 5. The number of aryl methyl sites for hydroxylation is 1. The molecule has 0 aliphatic carbocycles. The molecule has 0 saturated heterocycles. The number of methoxy groups -OCH3 is 1. The number of pyridine rings is 1. The Bertz CT molecular complexity index is 555. The molecule has 0 amide bonds. The van der Waals surface area contributed by atoms with E-state index in [1.165, 1.54) is 0 Å². The van der Waals surface area contributed by atoms with Gasteiger partial charge in [0.1, 0.15) is 12.2 Å². The van der Waals surface area contributed by atoms with Gasteiger partial charge in [-0.2, -0.15) is 5.10 Å². The van der Waals surface area contributed by atoms with E-state index >= 15 is 0 Å². The molecule has 6 nitrogen and oxygen atoms in total. The van der Waals surface area contributed by atoms with Crippen molar-refractivity contribution in [2.75, 3.05) is 13.7 Å². The molecule has 114 valence electrons. The summed E-state index contributed by atoms with van der Waals surface area (Å²) in [7, 11) is 1.65. The zero-order chi connectivity index (χ0) is 15.1. The maximum atomic E-state index is 5.38. The van der Waals surface area contributed by atoms with Crippen LogP contribution in [-0.4, -0.2) is 33.4 Å². The van der Waals surface area contributed by atoms with Crippen LogP contribution in [0.25, 0.3) is 0 Å². The number of rotatable bonds is 8. The number of ether oxygens (including phenoxy) is 1. The highest BCUT2D eigenvalue weighted by Gasteiger charge is 2.19. The Labute approximate surface area is 125 Å². The third-order valence-electron chi connectivity index (χ3n) is 3.34. The van der Waals surface area contributed by atoms with Crippen LogP contribution in [0.3, 0.4) is 0 Å². The molecule has 2 aromatic heterocycles. The van der Waals surface area contributed by atoms with Crippen LogP contribution >= 0.6 is 0 Å². The van der Waals surface area contributed by atoms with Gasteiger partial charge in [-0.1, -0.05) is 19.9 Å². The quantitative estimate of drug-likeness (QED) is 0.805. The van der Waals surface area contributed by atoms with Crippen LogP contribution in [0.2, 0.25) is 0 Å². The zero-order valence-electron chi connectivity index (χ0n) is 12.9. The van der Waals surface area contributed by atoms with E-state index in [4.69, 9.17) is 4.74 Å². The fourth-order valence-electron chi connectivity index (χ4n) is 2.40. The number of nitrogens with zero attached hydrogens (tertiary/aromatic N) is 4. The molecule has 0 saturated carbocycles. The molecular weight excluding hydrogens is 266 g/mol. The molecule has 6 heteroatoms. The van der Waals surface area contributed by atoms with E-state index in [2.05, 4.69) is 34.2 Å². The van der Waals surface area contributed by atoms with Crippen molar-refractivity contribution in [3.63, 3.8) is 0 Å². The van der Waals surface area contributed by atoms with Crippen LogP contribution in [0.15, 0.2) is 24.7 Å². The van der Waals surface area contributed by atoms with Gasteiger partial charge in [-0.05, 0) is 19.0 Å². The summed E-state index contributed by atoms with van der Waals surface area (Å²) in [5, 5.41) is 7.77. The van der Waals surface area contributed by atoms with Gasteiger partial charge in [0.05, 0.1) is 7.11 Å². The SMILES string of the molecule is CCCn1ncnc1CC(NCC)c1cccnc1OC. The lowest BCUT2D eigenvalue weighted by molar-refractivity contribution is 0.380. The minimum absolute atomic E-state index is 0.110. The first-order chi connectivity index (χ1) is 10.3. The monoisotopic (exact) mass is 289 g/mol. The van der Waals surface area contributed by atoms with E-state index in [1.54, 1.807) is 19.6 Å². The van der Waals surface area contributed by atoms with E-state index < -0.39 is 0 Å². The van der Waals surface area contributed by atoms with Crippen LogP contribution in [0.4, 0.5) is 0 Å². The maximum Gasteiger partial charge on any atom is 0.217 e. The van der Waals surface area contributed by atoms with Gasteiger partial charge >= 0.3 is 0 Å². The lowest BCUT2D eigenvalue weighted by Crippen LogP contribution is -2.25. The van der Waals surface area contributed by atoms with Crippen LogP contribution in [0.1, 0.15) is 37.7 Å². The molecule has 2 aromatic rings. The van der Waals surface area contributed by atoms with Gasteiger partial charge in [0, 0.05) is 30.8 Å². The molecule has 0 bridgehead atoms. The van der Waals surface area contributed by atoms with Gasteiger partial charge in [-0.25, -0.2) is 9.97 Å². The molecule has 1 unspecified atom stereocenters. The van der Waals surface area contributed by atoms with E-state index in [0.717, 1.165) is 37.3 Å². The van der Waals surface area contributed by atoms with Crippen molar-refractivity contribution in [3.8, 4) is 5.88 Å². The normalized spacial score (nSPS) is 12.3.